The zero-order chi connectivity index (χ0) is 12.8. The molecule has 0 saturated heterocycles. The Labute approximate surface area is 111 Å². The molecule has 1 aromatic heterocycles. The lowest BCUT2D eigenvalue weighted by Crippen LogP contribution is -2.34. The van der Waals surface area contributed by atoms with Crippen molar-refractivity contribution >= 4 is 0 Å². The average molecular weight is 246 g/mol. The van der Waals surface area contributed by atoms with Gasteiger partial charge < -0.3 is 5.32 Å². The maximum absolute atomic E-state index is 4.59. The molecule has 2 atom stereocenters. The molecule has 0 amide bonds. The second kappa shape index (κ2) is 6.89. The van der Waals surface area contributed by atoms with Crippen LogP contribution in [0.4, 0.5) is 0 Å². The highest BCUT2D eigenvalue weighted by molar-refractivity contribution is 5.14. The Bertz CT molecular complexity index is 343. The van der Waals surface area contributed by atoms with Gasteiger partial charge in [0.1, 0.15) is 0 Å². The quantitative estimate of drug-likeness (QED) is 0.861. The van der Waals surface area contributed by atoms with Crippen LogP contribution in [-0.2, 0) is 12.8 Å². The normalized spacial score (nSPS) is 24.1. The van der Waals surface area contributed by atoms with Crippen LogP contribution in [0.15, 0.2) is 18.3 Å². The first kappa shape index (κ1) is 13.5. The van der Waals surface area contributed by atoms with Crippen LogP contribution in [0.3, 0.4) is 0 Å². The fourth-order valence-electron chi connectivity index (χ4n) is 3.03. The van der Waals surface area contributed by atoms with Gasteiger partial charge in [0.15, 0.2) is 0 Å². The van der Waals surface area contributed by atoms with E-state index in [9.17, 15) is 0 Å². The summed E-state index contributed by atoms with van der Waals surface area (Å²) in [6.45, 7) is 5.48. The Morgan fingerprint density at radius 2 is 2.17 bits per heavy atom. The predicted molar refractivity (Wildman–Crippen MR) is 76.7 cm³/mol. The van der Waals surface area contributed by atoms with Crippen molar-refractivity contribution < 1.29 is 0 Å². The van der Waals surface area contributed by atoms with Crippen LogP contribution in [0.1, 0.15) is 50.8 Å². The molecule has 18 heavy (non-hydrogen) atoms. The van der Waals surface area contributed by atoms with Crippen molar-refractivity contribution in [3.8, 4) is 0 Å². The van der Waals surface area contributed by atoms with Gasteiger partial charge in [-0.1, -0.05) is 26.3 Å². The van der Waals surface area contributed by atoms with E-state index in [2.05, 4.69) is 36.3 Å². The standard InChI is InChI=1S/C16H26N2/c1-3-13-8-9-16(18-12-13)11-14-6-5-7-15(10-14)17-4-2/h8-9,12,14-15,17H,3-7,10-11H2,1-2H3. The highest BCUT2D eigenvalue weighted by Crippen LogP contribution is 2.26. The van der Waals surface area contributed by atoms with Crippen molar-refractivity contribution in [3.63, 3.8) is 0 Å². The van der Waals surface area contributed by atoms with Crippen LogP contribution in [0.2, 0.25) is 0 Å². The summed E-state index contributed by atoms with van der Waals surface area (Å²) in [5.74, 6) is 0.822. The molecule has 0 bridgehead atoms. The lowest BCUT2D eigenvalue weighted by molar-refractivity contribution is 0.285. The summed E-state index contributed by atoms with van der Waals surface area (Å²) < 4.78 is 0. The van der Waals surface area contributed by atoms with E-state index in [0.29, 0.717) is 0 Å². The van der Waals surface area contributed by atoms with Crippen LogP contribution in [0.25, 0.3) is 0 Å². The predicted octanol–water partition coefficient (Wildman–Crippen LogP) is 3.35. The molecule has 1 aliphatic carbocycles. The molecule has 1 aromatic rings. The fourth-order valence-corrected chi connectivity index (χ4v) is 3.03. The molecular weight excluding hydrogens is 220 g/mol. The number of nitrogens with zero attached hydrogens (tertiary/aromatic N) is 1. The zero-order valence-corrected chi connectivity index (χ0v) is 11.8. The molecule has 0 aromatic carbocycles. The topological polar surface area (TPSA) is 24.9 Å². The van der Waals surface area contributed by atoms with Gasteiger partial charge in [0, 0.05) is 17.9 Å². The van der Waals surface area contributed by atoms with Gasteiger partial charge in [0.25, 0.3) is 0 Å². The highest BCUT2D eigenvalue weighted by atomic mass is 14.9. The Morgan fingerprint density at radius 3 is 2.83 bits per heavy atom. The Kier molecular flexibility index (Phi) is 5.18. The van der Waals surface area contributed by atoms with Crippen molar-refractivity contribution in [3.05, 3.63) is 29.6 Å². The van der Waals surface area contributed by atoms with Crippen molar-refractivity contribution in [1.82, 2.24) is 10.3 Å². The third kappa shape index (κ3) is 3.81. The van der Waals surface area contributed by atoms with Crippen molar-refractivity contribution in [2.75, 3.05) is 6.54 Å². The second-order valence-electron chi connectivity index (χ2n) is 5.50. The highest BCUT2D eigenvalue weighted by Gasteiger charge is 2.21. The van der Waals surface area contributed by atoms with Crippen LogP contribution < -0.4 is 5.32 Å². The molecule has 2 rings (SSSR count). The first-order chi connectivity index (χ1) is 8.81. The molecule has 100 valence electrons. The van der Waals surface area contributed by atoms with Gasteiger partial charge >= 0.3 is 0 Å². The molecule has 2 heteroatoms. The number of nitrogens with one attached hydrogen (secondary N) is 1. The van der Waals surface area contributed by atoms with Gasteiger partial charge in [-0.2, -0.15) is 0 Å². The lowest BCUT2D eigenvalue weighted by Gasteiger charge is -2.29. The van der Waals surface area contributed by atoms with Gasteiger partial charge in [-0.05, 0) is 56.2 Å². The molecule has 1 fully saturated rings. The average Bonchev–Trinajstić information content (AvgIpc) is 2.40. The molecule has 0 radical (unpaired) electrons. The first-order valence-electron chi connectivity index (χ1n) is 7.49. The van der Waals surface area contributed by atoms with Crippen molar-refractivity contribution in [2.45, 2.75) is 58.4 Å². The smallest absolute Gasteiger partial charge is 0.0406 e. The molecule has 1 N–H and O–H groups in total. The maximum atomic E-state index is 4.59. The largest absolute Gasteiger partial charge is 0.314 e. The van der Waals surface area contributed by atoms with Gasteiger partial charge in [0.2, 0.25) is 0 Å². The molecule has 0 aliphatic heterocycles. The van der Waals surface area contributed by atoms with Crippen molar-refractivity contribution in [1.29, 1.82) is 0 Å². The van der Waals surface area contributed by atoms with Crippen LogP contribution >= 0.6 is 0 Å². The van der Waals surface area contributed by atoms with E-state index in [1.54, 1.807) is 0 Å². The maximum Gasteiger partial charge on any atom is 0.0406 e. The second-order valence-corrected chi connectivity index (χ2v) is 5.50. The van der Waals surface area contributed by atoms with E-state index in [-0.39, 0.29) is 0 Å². The van der Waals surface area contributed by atoms with Gasteiger partial charge in [-0.25, -0.2) is 0 Å². The van der Waals surface area contributed by atoms with E-state index in [0.717, 1.165) is 31.3 Å². The number of rotatable bonds is 5. The number of aromatic nitrogens is 1. The lowest BCUT2D eigenvalue weighted by atomic mass is 9.83. The summed E-state index contributed by atoms with van der Waals surface area (Å²) in [6, 6.07) is 5.19. The Morgan fingerprint density at radius 1 is 1.28 bits per heavy atom. The Hall–Kier alpha value is -0.890. The van der Waals surface area contributed by atoms with Gasteiger partial charge in [0.05, 0.1) is 0 Å². The minimum absolute atomic E-state index is 0.740. The van der Waals surface area contributed by atoms with Gasteiger partial charge in [-0.15, -0.1) is 0 Å². The summed E-state index contributed by atoms with van der Waals surface area (Å²) in [5, 5.41) is 3.60. The monoisotopic (exact) mass is 246 g/mol. The van der Waals surface area contributed by atoms with E-state index in [4.69, 9.17) is 0 Å². The third-order valence-corrected chi connectivity index (χ3v) is 4.07. The van der Waals surface area contributed by atoms with Crippen molar-refractivity contribution in [2.24, 2.45) is 5.92 Å². The minimum Gasteiger partial charge on any atom is -0.314 e. The number of hydrogen-bond donors (Lipinski definition) is 1. The van der Waals surface area contributed by atoms with Crippen LogP contribution in [0.5, 0.6) is 0 Å². The molecule has 2 unspecified atom stereocenters. The SMILES string of the molecule is CCNC1CCCC(Cc2ccc(CC)cn2)C1. The van der Waals surface area contributed by atoms with E-state index >= 15 is 0 Å². The molecular formula is C16H26N2. The summed E-state index contributed by atoms with van der Waals surface area (Å²) in [4.78, 5) is 4.59. The van der Waals surface area contributed by atoms with E-state index < -0.39 is 0 Å². The number of aryl methyl sites for hydroxylation is 1. The molecule has 1 saturated carbocycles. The molecule has 2 nitrogen and oxygen atoms in total. The first-order valence-corrected chi connectivity index (χ1v) is 7.49. The van der Waals surface area contributed by atoms with Crippen LogP contribution in [-0.4, -0.2) is 17.6 Å². The van der Waals surface area contributed by atoms with E-state index in [1.165, 1.54) is 36.9 Å². The molecule has 1 aliphatic rings. The fraction of sp³-hybridized carbons (Fsp3) is 0.688. The van der Waals surface area contributed by atoms with Gasteiger partial charge in [-0.3, -0.25) is 4.98 Å². The molecule has 0 spiro atoms. The summed E-state index contributed by atoms with van der Waals surface area (Å²) in [7, 11) is 0. The summed E-state index contributed by atoms with van der Waals surface area (Å²) >= 11 is 0. The summed E-state index contributed by atoms with van der Waals surface area (Å²) in [5.41, 5.74) is 2.61. The third-order valence-electron chi connectivity index (χ3n) is 4.07. The Balaban J connectivity index is 1.87. The number of hydrogen-bond acceptors (Lipinski definition) is 2. The minimum atomic E-state index is 0.740. The van der Waals surface area contributed by atoms with Crippen LogP contribution in [0, 0.1) is 5.92 Å². The van der Waals surface area contributed by atoms with E-state index in [1.807, 2.05) is 6.20 Å². The molecule has 1 heterocycles. The number of pyridine rings is 1. The summed E-state index contributed by atoms with van der Waals surface area (Å²) in [6.07, 6.45) is 9.71. The zero-order valence-electron chi connectivity index (χ0n) is 11.8.